The number of anilines is 1. The number of amides is 1. The zero-order chi connectivity index (χ0) is 33.8. The third kappa shape index (κ3) is 6.11. The Hall–Kier alpha value is -3.83. The number of likely N-dealkylation sites (tertiary alicyclic amines) is 1. The lowest BCUT2D eigenvalue weighted by Crippen LogP contribution is -2.50. The van der Waals surface area contributed by atoms with Gasteiger partial charge in [0, 0.05) is 61.3 Å². The van der Waals surface area contributed by atoms with Crippen LogP contribution in [0.5, 0.6) is 6.01 Å². The Balaban J connectivity index is 1.29. The van der Waals surface area contributed by atoms with Crippen molar-refractivity contribution in [3.05, 3.63) is 53.4 Å². The minimum absolute atomic E-state index is 0.0136. The predicted molar refractivity (Wildman–Crippen MR) is 183 cm³/mol. The van der Waals surface area contributed by atoms with Crippen LogP contribution in [0.15, 0.2) is 42.6 Å². The molecule has 0 N–H and O–H groups in total. The van der Waals surface area contributed by atoms with Gasteiger partial charge >= 0.3 is 12.1 Å². The molecule has 254 valence electrons. The standard InChI is InChI=1S/C36H41ClF2N6O3/c1-35(2,3)48-34(46)44-15-7-11-24(20-44)43(4)32-26-18-40-30(25-12-5-9-22-10-6-13-27(37)28(22)25)29(39)31(26)41-33(42-32)47-21-36-14-8-16-45(36)19-23(38)17-36/h5-6,9-10,12-13,18,23-24H,7-8,11,14-17,19-21H2,1-4H3/t23-,24+,36+/m1/s1. The number of alkyl halides is 1. The molecule has 3 atom stereocenters. The van der Waals surface area contributed by atoms with Crippen molar-refractivity contribution in [2.24, 2.45) is 0 Å². The maximum Gasteiger partial charge on any atom is 0.410 e. The summed E-state index contributed by atoms with van der Waals surface area (Å²) in [4.78, 5) is 32.9. The summed E-state index contributed by atoms with van der Waals surface area (Å²) in [5, 5.41) is 2.47. The van der Waals surface area contributed by atoms with Crippen molar-refractivity contribution in [1.29, 1.82) is 0 Å². The van der Waals surface area contributed by atoms with Crippen LogP contribution in [0.4, 0.5) is 19.4 Å². The van der Waals surface area contributed by atoms with Gasteiger partial charge in [0.1, 0.15) is 35.4 Å². The second-order valence-corrected chi connectivity index (χ2v) is 14.8. The number of likely N-dealkylation sites (N-methyl/N-ethyl adjacent to an activating group) is 1. The molecule has 3 aliphatic heterocycles. The van der Waals surface area contributed by atoms with Crippen LogP contribution < -0.4 is 9.64 Å². The number of carbonyl (C=O) groups excluding carboxylic acids is 1. The molecule has 0 bridgehead atoms. The van der Waals surface area contributed by atoms with Gasteiger partial charge < -0.3 is 19.3 Å². The summed E-state index contributed by atoms with van der Waals surface area (Å²) in [5.41, 5.74) is -0.316. The van der Waals surface area contributed by atoms with E-state index in [9.17, 15) is 9.18 Å². The molecule has 0 saturated carbocycles. The van der Waals surface area contributed by atoms with Crippen molar-refractivity contribution in [2.45, 2.75) is 76.2 Å². The van der Waals surface area contributed by atoms with Gasteiger partial charge in [-0.05, 0) is 64.5 Å². The number of carbonyl (C=O) groups is 1. The Bertz CT molecular complexity index is 1870. The number of rotatable bonds is 6. The SMILES string of the molecule is CN(c1nc(OC[C@@]23CCCN2C[C@H](F)C3)nc2c(F)c(-c3cccc4cccc(Cl)c34)ncc12)[C@H]1CCCN(C(=O)OC(C)(C)C)C1. The van der Waals surface area contributed by atoms with Crippen LogP contribution >= 0.6 is 11.6 Å². The lowest BCUT2D eigenvalue weighted by Gasteiger charge is -2.38. The molecule has 7 rings (SSSR count). The highest BCUT2D eigenvalue weighted by atomic mass is 35.5. The number of fused-ring (bicyclic) bond motifs is 3. The van der Waals surface area contributed by atoms with Crippen molar-refractivity contribution in [2.75, 3.05) is 44.7 Å². The zero-order valence-electron chi connectivity index (χ0n) is 27.8. The summed E-state index contributed by atoms with van der Waals surface area (Å²) in [6.45, 7) is 7.95. The van der Waals surface area contributed by atoms with Crippen LogP contribution in [0.2, 0.25) is 5.02 Å². The van der Waals surface area contributed by atoms with Crippen LogP contribution in [0.1, 0.15) is 52.9 Å². The van der Waals surface area contributed by atoms with E-state index in [0.29, 0.717) is 53.2 Å². The first kappa shape index (κ1) is 32.7. The van der Waals surface area contributed by atoms with Crippen LogP contribution in [0, 0.1) is 5.82 Å². The highest BCUT2D eigenvalue weighted by Crippen LogP contribution is 2.41. The topological polar surface area (TPSA) is 83.9 Å². The van der Waals surface area contributed by atoms with E-state index in [4.69, 9.17) is 26.1 Å². The van der Waals surface area contributed by atoms with Crippen LogP contribution in [-0.4, -0.2) is 94.0 Å². The van der Waals surface area contributed by atoms with Gasteiger partial charge in [0.2, 0.25) is 0 Å². The molecule has 9 nitrogen and oxygen atoms in total. The van der Waals surface area contributed by atoms with Gasteiger partial charge in [0.15, 0.2) is 5.82 Å². The average molecular weight is 679 g/mol. The van der Waals surface area contributed by atoms with Gasteiger partial charge in [0.25, 0.3) is 0 Å². The molecule has 0 unspecified atom stereocenters. The molecule has 3 fully saturated rings. The summed E-state index contributed by atoms with van der Waals surface area (Å²) < 4.78 is 43.3. The lowest BCUT2D eigenvalue weighted by atomic mass is 9.95. The zero-order valence-corrected chi connectivity index (χ0v) is 28.6. The van der Waals surface area contributed by atoms with E-state index in [0.717, 1.165) is 37.6 Å². The van der Waals surface area contributed by atoms with E-state index >= 15 is 4.39 Å². The number of hydrogen-bond acceptors (Lipinski definition) is 8. The minimum Gasteiger partial charge on any atom is -0.461 e. The number of piperidine rings is 1. The van der Waals surface area contributed by atoms with Crippen molar-refractivity contribution in [3.63, 3.8) is 0 Å². The molecule has 0 aliphatic carbocycles. The van der Waals surface area contributed by atoms with Crippen molar-refractivity contribution in [3.8, 4) is 17.3 Å². The Morgan fingerprint density at radius 1 is 1.12 bits per heavy atom. The fourth-order valence-electron chi connectivity index (χ4n) is 7.62. The number of aromatic nitrogens is 3. The summed E-state index contributed by atoms with van der Waals surface area (Å²) in [7, 11) is 1.88. The molecule has 0 radical (unpaired) electrons. The van der Waals surface area contributed by atoms with Crippen LogP contribution in [0.3, 0.4) is 0 Å². The van der Waals surface area contributed by atoms with Crippen molar-refractivity contribution >= 4 is 45.2 Å². The molecule has 48 heavy (non-hydrogen) atoms. The largest absolute Gasteiger partial charge is 0.461 e. The first-order valence-electron chi connectivity index (χ1n) is 16.7. The highest BCUT2D eigenvalue weighted by Gasteiger charge is 2.49. The third-order valence-electron chi connectivity index (χ3n) is 9.91. The quantitative estimate of drug-likeness (QED) is 0.208. The normalized spacial score (nSPS) is 23.1. The van der Waals surface area contributed by atoms with Gasteiger partial charge in [-0.1, -0.05) is 41.9 Å². The molecule has 0 spiro atoms. The van der Waals surface area contributed by atoms with Gasteiger partial charge in [-0.2, -0.15) is 9.97 Å². The summed E-state index contributed by atoms with van der Waals surface area (Å²) in [6.07, 6.45) is 4.04. The number of pyridine rings is 1. The molecule has 2 aromatic carbocycles. The molecule has 3 aliphatic rings. The second kappa shape index (κ2) is 12.6. The Morgan fingerprint density at radius 3 is 2.71 bits per heavy atom. The molecule has 5 heterocycles. The highest BCUT2D eigenvalue weighted by molar-refractivity contribution is 6.36. The Kier molecular flexibility index (Phi) is 8.56. The Morgan fingerprint density at radius 2 is 1.92 bits per heavy atom. The molecular weight excluding hydrogens is 638 g/mol. The molecule has 2 aromatic heterocycles. The number of hydrogen-bond donors (Lipinski definition) is 0. The third-order valence-corrected chi connectivity index (χ3v) is 10.2. The fourth-order valence-corrected chi connectivity index (χ4v) is 7.90. The van der Waals surface area contributed by atoms with Gasteiger partial charge in [0.05, 0.1) is 10.9 Å². The van der Waals surface area contributed by atoms with Crippen molar-refractivity contribution in [1.82, 2.24) is 24.8 Å². The lowest BCUT2D eigenvalue weighted by molar-refractivity contribution is 0.0199. The van der Waals surface area contributed by atoms with E-state index < -0.39 is 23.1 Å². The number of benzene rings is 2. The average Bonchev–Trinajstić information content (AvgIpc) is 3.58. The first-order chi connectivity index (χ1) is 22.9. The summed E-state index contributed by atoms with van der Waals surface area (Å²) in [6, 6.07) is 11.0. The van der Waals surface area contributed by atoms with E-state index in [1.165, 1.54) is 0 Å². The molecule has 12 heteroatoms. The summed E-state index contributed by atoms with van der Waals surface area (Å²) >= 11 is 6.62. The van der Waals surface area contributed by atoms with Gasteiger partial charge in [-0.25, -0.2) is 13.6 Å². The monoisotopic (exact) mass is 678 g/mol. The molecule has 1 amide bonds. The number of nitrogens with zero attached hydrogens (tertiary/aromatic N) is 6. The second-order valence-electron chi connectivity index (χ2n) is 14.4. The molecule has 4 aromatic rings. The summed E-state index contributed by atoms with van der Waals surface area (Å²) in [5.74, 6) is -0.179. The van der Waals surface area contributed by atoms with E-state index in [-0.39, 0.29) is 36.0 Å². The number of ether oxygens (including phenoxy) is 2. The minimum atomic E-state index is -0.911. The van der Waals surface area contributed by atoms with Gasteiger partial charge in [-0.15, -0.1) is 0 Å². The first-order valence-corrected chi connectivity index (χ1v) is 17.1. The molecule has 3 saturated heterocycles. The maximum atomic E-state index is 16.8. The predicted octanol–water partition coefficient (Wildman–Crippen LogP) is 7.43. The molecular formula is C36H41ClF2N6O3. The van der Waals surface area contributed by atoms with E-state index in [1.807, 2.05) is 57.0 Å². The van der Waals surface area contributed by atoms with E-state index in [1.54, 1.807) is 23.2 Å². The van der Waals surface area contributed by atoms with E-state index in [2.05, 4.69) is 14.9 Å². The Labute approximate surface area is 284 Å². The van der Waals surface area contributed by atoms with Gasteiger partial charge in [-0.3, -0.25) is 9.88 Å². The van der Waals surface area contributed by atoms with Crippen molar-refractivity contribution < 1.29 is 23.0 Å². The van der Waals surface area contributed by atoms with Crippen LogP contribution in [-0.2, 0) is 4.74 Å². The fraction of sp³-hybridized carbons (Fsp3) is 0.500. The van der Waals surface area contributed by atoms with Crippen LogP contribution in [0.25, 0.3) is 32.9 Å². The number of halogens is 3. The maximum absolute atomic E-state index is 16.8. The smallest absolute Gasteiger partial charge is 0.410 e.